The number of rotatable bonds is 4. The second-order valence-corrected chi connectivity index (χ2v) is 12.2. The SMILES string of the molecule is CC(C)(C)[Si](C)(C)OC(c1ccc(F)c(N)c1)C1CC1. The van der Waals surface area contributed by atoms with E-state index in [1.807, 2.05) is 6.07 Å². The van der Waals surface area contributed by atoms with Gasteiger partial charge in [0.25, 0.3) is 0 Å². The molecule has 0 amide bonds. The molecule has 0 saturated heterocycles. The molecule has 0 radical (unpaired) electrons. The van der Waals surface area contributed by atoms with Crippen LogP contribution < -0.4 is 5.73 Å². The highest BCUT2D eigenvalue weighted by Crippen LogP contribution is 2.48. The van der Waals surface area contributed by atoms with E-state index in [-0.39, 0.29) is 22.6 Å². The van der Waals surface area contributed by atoms with Crippen LogP contribution in [-0.2, 0) is 4.43 Å². The van der Waals surface area contributed by atoms with Crippen molar-refractivity contribution in [2.24, 2.45) is 5.92 Å². The molecule has 1 aromatic carbocycles. The molecule has 0 heterocycles. The van der Waals surface area contributed by atoms with Gasteiger partial charge in [-0.05, 0) is 54.6 Å². The summed E-state index contributed by atoms with van der Waals surface area (Å²) in [5.41, 5.74) is 6.95. The normalized spacial score (nSPS) is 18.1. The number of anilines is 1. The van der Waals surface area contributed by atoms with E-state index in [4.69, 9.17) is 10.2 Å². The molecule has 1 fully saturated rings. The van der Waals surface area contributed by atoms with Gasteiger partial charge in [-0.2, -0.15) is 0 Å². The highest BCUT2D eigenvalue weighted by atomic mass is 28.4. The van der Waals surface area contributed by atoms with Crippen molar-refractivity contribution in [3.05, 3.63) is 29.6 Å². The van der Waals surface area contributed by atoms with Crippen molar-refractivity contribution in [2.45, 2.75) is 57.8 Å². The van der Waals surface area contributed by atoms with Crippen LogP contribution in [0.1, 0.15) is 45.3 Å². The standard InChI is InChI=1S/C16H26FNOSi/c1-16(2,3)20(4,5)19-15(11-6-7-11)12-8-9-13(17)14(18)10-12/h8-11,15H,6-7,18H2,1-5H3. The molecule has 0 spiro atoms. The van der Waals surface area contributed by atoms with E-state index >= 15 is 0 Å². The maximum Gasteiger partial charge on any atom is 0.192 e. The lowest BCUT2D eigenvalue weighted by atomic mass is 10.0. The summed E-state index contributed by atoms with van der Waals surface area (Å²) in [7, 11) is -1.84. The second-order valence-electron chi connectivity index (χ2n) is 7.42. The molecular weight excluding hydrogens is 269 g/mol. The average molecular weight is 295 g/mol. The smallest absolute Gasteiger partial charge is 0.192 e. The fraction of sp³-hybridized carbons (Fsp3) is 0.625. The van der Waals surface area contributed by atoms with Crippen LogP contribution >= 0.6 is 0 Å². The zero-order chi connectivity index (χ0) is 15.1. The van der Waals surface area contributed by atoms with Gasteiger partial charge in [-0.15, -0.1) is 0 Å². The summed E-state index contributed by atoms with van der Waals surface area (Å²) in [4.78, 5) is 0. The molecule has 2 nitrogen and oxygen atoms in total. The Morgan fingerprint density at radius 3 is 2.35 bits per heavy atom. The molecule has 20 heavy (non-hydrogen) atoms. The Morgan fingerprint density at radius 2 is 1.90 bits per heavy atom. The number of benzene rings is 1. The molecule has 112 valence electrons. The van der Waals surface area contributed by atoms with Crippen LogP contribution in [0.25, 0.3) is 0 Å². The van der Waals surface area contributed by atoms with Crippen molar-refractivity contribution in [3.63, 3.8) is 0 Å². The Hall–Kier alpha value is -0.873. The van der Waals surface area contributed by atoms with Gasteiger partial charge in [0.05, 0.1) is 11.8 Å². The maximum absolute atomic E-state index is 13.3. The molecule has 2 rings (SSSR count). The quantitative estimate of drug-likeness (QED) is 0.634. The van der Waals surface area contributed by atoms with Gasteiger partial charge < -0.3 is 10.2 Å². The summed E-state index contributed by atoms with van der Waals surface area (Å²) in [5.74, 6) is 0.213. The monoisotopic (exact) mass is 295 g/mol. The summed E-state index contributed by atoms with van der Waals surface area (Å²) in [6.07, 6.45) is 2.45. The van der Waals surface area contributed by atoms with Crippen molar-refractivity contribution >= 4 is 14.0 Å². The summed E-state index contributed by atoms with van der Waals surface area (Å²) in [6, 6.07) is 5.02. The third-order valence-corrected chi connectivity index (χ3v) is 9.08. The Kier molecular flexibility index (Phi) is 4.00. The van der Waals surface area contributed by atoms with E-state index in [0.717, 1.165) is 5.56 Å². The molecule has 0 aromatic heterocycles. The van der Waals surface area contributed by atoms with Gasteiger partial charge in [0.15, 0.2) is 8.32 Å². The minimum Gasteiger partial charge on any atom is -0.410 e. The molecule has 2 N–H and O–H groups in total. The topological polar surface area (TPSA) is 35.2 Å². The van der Waals surface area contributed by atoms with Gasteiger partial charge >= 0.3 is 0 Å². The minimum atomic E-state index is -1.84. The van der Waals surface area contributed by atoms with Gasteiger partial charge in [-0.1, -0.05) is 26.8 Å². The van der Waals surface area contributed by atoms with Crippen molar-refractivity contribution in [3.8, 4) is 0 Å². The third kappa shape index (κ3) is 3.23. The Labute approximate surface area is 122 Å². The molecule has 1 aliphatic carbocycles. The largest absolute Gasteiger partial charge is 0.410 e. The first-order valence-electron chi connectivity index (χ1n) is 7.34. The van der Waals surface area contributed by atoms with E-state index in [9.17, 15) is 4.39 Å². The molecular formula is C16H26FNOSi. The van der Waals surface area contributed by atoms with Gasteiger partial charge in [-0.3, -0.25) is 0 Å². The first kappa shape index (κ1) is 15.5. The van der Waals surface area contributed by atoms with Crippen molar-refractivity contribution in [1.82, 2.24) is 0 Å². The third-order valence-electron chi connectivity index (χ3n) is 4.63. The number of halogens is 1. The van der Waals surface area contributed by atoms with Gasteiger partial charge in [-0.25, -0.2) is 4.39 Å². The van der Waals surface area contributed by atoms with Crippen LogP contribution in [0.5, 0.6) is 0 Å². The van der Waals surface area contributed by atoms with Crippen LogP contribution in [0, 0.1) is 11.7 Å². The van der Waals surface area contributed by atoms with E-state index in [2.05, 4.69) is 33.9 Å². The lowest BCUT2D eigenvalue weighted by Gasteiger charge is -2.39. The molecule has 0 aliphatic heterocycles. The molecule has 4 heteroatoms. The molecule has 1 aliphatic rings. The Balaban J connectivity index is 2.26. The van der Waals surface area contributed by atoms with Crippen LogP contribution in [0.15, 0.2) is 18.2 Å². The fourth-order valence-corrected chi connectivity index (χ4v) is 3.39. The Bertz CT molecular complexity index is 492. The molecule has 1 aromatic rings. The molecule has 0 bridgehead atoms. The van der Waals surface area contributed by atoms with E-state index < -0.39 is 8.32 Å². The van der Waals surface area contributed by atoms with Gasteiger partial charge in [0.2, 0.25) is 0 Å². The highest BCUT2D eigenvalue weighted by Gasteiger charge is 2.43. The first-order chi connectivity index (χ1) is 9.12. The lowest BCUT2D eigenvalue weighted by Crippen LogP contribution is -2.42. The number of nitrogens with two attached hydrogens (primary N) is 1. The van der Waals surface area contributed by atoms with Crippen LogP contribution in [-0.4, -0.2) is 8.32 Å². The maximum atomic E-state index is 13.3. The molecule has 1 atom stereocenters. The minimum absolute atomic E-state index is 0.0683. The average Bonchev–Trinajstić information content (AvgIpc) is 3.12. The predicted molar refractivity (Wildman–Crippen MR) is 84.6 cm³/mol. The Morgan fingerprint density at radius 1 is 1.30 bits per heavy atom. The summed E-state index contributed by atoms with van der Waals surface area (Å²) < 4.78 is 19.9. The second kappa shape index (κ2) is 5.15. The molecule has 1 unspecified atom stereocenters. The van der Waals surface area contributed by atoms with E-state index in [1.54, 1.807) is 6.07 Å². The zero-order valence-electron chi connectivity index (χ0n) is 13.2. The van der Waals surface area contributed by atoms with Gasteiger partial charge in [0.1, 0.15) is 5.82 Å². The zero-order valence-corrected chi connectivity index (χ0v) is 14.2. The summed E-state index contributed by atoms with van der Waals surface area (Å²) >= 11 is 0. The predicted octanol–water partition coefficient (Wildman–Crippen LogP) is 4.88. The van der Waals surface area contributed by atoms with Crippen molar-refractivity contribution in [2.75, 3.05) is 5.73 Å². The highest BCUT2D eigenvalue weighted by molar-refractivity contribution is 6.74. The van der Waals surface area contributed by atoms with Crippen LogP contribution in [0.4, 0.5) is 10.1 Å². The van der Waals surface area contributed by atoms with Crippen molar-refractivity contribution < 1.29 is 8.82 Å². The summed E-state index contributed by atoms with van der Waals surface area (Å²) in [6.45, 7) is 11.2. The fourth-order valence-electron chi connectivity index (χ4n) is 2.07. The first-order valence-corrected chi connectivity index (χ1v) is 10.3. The number of hydrogen-bond donors (Lipinski definition) is 1. The van der Waals surface area contributed by atoms with Crippen molar-refractivity contribution in [1.29, 1.82) is 0 Å². The van der Waals surface area contributed by atoms with Gasteiger partial charge in [0, 0.05) is 0 Å². The van der Waals surface area contributed by atoms with E-state index in [0.29, 0.717) is 5.92 Å². The summed E-state index contributed by atoms with van der Waals surface area (Å²) in [5, 5.41) is 0.172. The van der Waals surface area contributed by atoms with Crippen LogP contribution in [0.3, 0.4) is 0 Å². The lowest BCUT2D eigenvalue weighted by molar-refractivity contribution is 0.161. The number of nitrogen functional groups attached to an aromatic ring is 1. The number of hydrogen-bond acceptors (Lipinski definition) is 2. The van der Waals surface area contributed by atoms with Crippen LogP contribution in [0.2, 0.25) is 18.1 Å². The van der Waals surface area contributed by atoms with E-state index in [1.165, 1.54) is 18.9 Å². The molecule has 1 saturated carbocycles.